The Labute approximate surface area is 134 Å². The van der Waals surface area contributed by atoms with Crippen molar-refractivity contribution in [3.63, 3.8) is 0 Å². The molecule has 5 nitrogen and oxygen atoms in total. The molecule has 1 saturated heterocycles. The third-order valence-electron chi connectivity index (χ3n) is 3.98. The van der Waals surface area contributed by atoms with Crippen molar-refractivity contribution in [2.75, 3.05) is 6.54 Å². The maximum Gasteiger partial charge on any atom is 0.318 e. The number of aromatic nitrogens is 2. The van der Waals surface area contributed by atoms with Gasteiger partial charge in [-0.1, -0.05) is 29.8 Å². The molecular weight excluding hydrogens is 300 g/mol. The first-order chi connectivity index (χ1) is 10.6. The fourth-order valence-corrected chi connectivity index (χ4v) is 3.18. The highest BCUT2D eigenvalue weighted by molar-refractivity contribution is 6.31. The smallest absolute Gasteiger partial charge is 0.318 e. The highest BCUT2D eigenvalue weighted by atomic mass is 35.5. The summed E-state index contributed by atoms with van der Waals surface area (Å²) in [5.74, 6) is 0. The molecule has 1 unspecified atom stereocenters. The maximum atomic E-state index is 12.5. The van der Waals surface area contributed by atoms with Gasteiger partial charge in [0.2, 0.25) is 0 Å². The quantitative estimate of drug-likeness (QED) is 0.945. The molecule has 1 N–H and O–H groups in total. The first-order valence-corrected chi connectivity index (χ1v) is 7.79. The predicted molar refractivity (Wildman–Crippen MR) is 85.6 cm³/mol. The summed E-state index contributed by atoms with van der Waals surface area (Å²) in [6.07, 6.45) is 5.60. The summed E-state index contributed by atoms with van der Waals surface area (Å²) in [5.41, 5.74) is 2.02. The number of likely N-dealkylation sites (tertiary alicyclic amines) is 1. The number of hydrogen-bond donors (Lipinski definition) is 1. The van der Waals surface area contributed by atoms with Crippen molar-refractivity contribution in [1.82, 2.24) is 20.0 Å². The van der Waals surface area contributed by atoms with Crippen molar-refractivity contribution in [2.24, 2.45) is 7.05 Å². The van der Waals surface area contributed by atoms with Gasteiger partial charge in [0.1, 0.15) is 0 Å². The van der Waals surface area contributed by atoms with Crippen LogP contribution in [0.4, 0.5) is 4.79 Å². The second-order valence-corrected chi connectivity index (χ2v) is 5.96. The van der Waals surface area contributed by atoms with Gasteiger partial charge in [-0.25, -0.2) is 4.79 Å². The molecule has 0 saturated carbocycles. The molecule has 0 bridgehead atoms. The number of urea groups is 1. The Balaban J connectivity index is 1.67. The zero-order valence-corrected chi connectivity index (χ0v) is 13.3. The van der Waals surface area contributed by atoms with Gasteiger partial charge in [0.25, 0.3) is 0 Å². The molecule has 2 heterocycles. The first kappa shape index (κ1) is 14.9. The number of carbonyl (C=O) groups is 1. The van der Waals surface area contributed by atoms with Gasteiger partial charge in [-0.15, -0.1) is 0 Å². The van der Waals surface area contributed by atoms with Crippen molar-refractivity contribution < 1.29 is 4.79 Å². The van der Waals surface area contributed by atoms with Crippen LogP contribution in [-0.2, 0) is 13.6 Å². The zero-order chi connectivity index (χ0) is 15.5. The molecule has 3 rings (SSSR count). The lowest BCUT2D eigenvalue weighted by molar-refractivity contribution is 0.192. The molecule has 22 heavy (non-hydrogen) atoms. The molecule has 0 spiro atoms. The molecule has 0 aliphatic carbocycles. The monoisotopic (exact) mass is 318 g/mol. The molecular formula is C16H19ClN4O. The Morgan fingerprint density at radius 3 is 3.00 bits per heavy atom. The molecule has 6 heteroatoms. The Kier molecular flexibility index (Phi) is 4.34. The van der Waals surface area contributed by atoms with Gasteiger partial charge in [0.15, 0.2) is 0 Å². The van der Waals surface area contributed by atoms with E-state index in [1.165, 1.54) is 0 Å². The van der Waals surface area contributed by atoms with Gasteiger partial charge >= 0.3 is 6.03 Å². The fourth-order valence-electron chi connectivity index (χ4n) is 2.92. The van der Waals surface area contributed by atoms with E-state index in [1.54, 1.807) is 10.9 Å². The largest absolute Gasteiger partial charge is 0.334 e. The average molecular weight is 319 g/mol. The van der Waals surface area contributed by atoms with Gasteiger partial charge in [-0.3, -0.25) is 4.68 Å². The van der Waals surface area contributed by atoms with Crippen LogP contribution in [0.1, 0.15) is 30.0 Å². The van der Waals surface area contributed by atoms with Crippen molar-refractivity contribution in [2.45, 2.75) is 25.4 Å². The van der Waals surface area contributed by atoms with Gasteiger partial charge in [0.05, 0.1) is 12.2 Å². The number of hydrogen-bond acceptors (Lipinski definition) is 2. The number of nitrogens with zero attached hydrogens (tertiary/aromatic N) is 3. The maximum absolute atomic E-state index is 12.5. The Hall–Kier alpha value is -2.01. The summed E-state index contributed by atoms with van der Waals surface area (Å²) in [7, 11) is 1.86. The van der Waals surface area contributed by atoms with Crippen LogP contribution >= 0.6 is 11.6 Å². The Morgan fingerprint density at radius 1 is 1.45 bits per heavy atom. The van der Waals surface area contributed by atoms with Crippen LogP contribution in [0.2, 0.25) is 5.02 Å². The minimum atomic E-state index is -0.0497. The number of carbonyl (C=O) groups excluding carboxylic acids is 1. The number of aryl methyl sites for hydroxylation is 1. The lowest BCUT2D eigenvalue weighted by Gasteiger charge is -2.26. The number of benzene rings is 1. The van der Waals surface area contributed by atoms with Gasteiger partial charge in [-0.05, 0) is 24.5 Å². The van der Waals surface area contributed by atoms with E-state index >= 15 is 0 Å². The third-order valence-corrected chi connectivity index (χ3v) is 4.32. The van der Waals surface area contributed by atoms with Crippen molar-refractivity contribution in [1.29, 1.82) is 0 Å². The van der Waals surface area contributed by atoms with Crippen LogP contribution in [0.3, 0.4) is 0 Å². The van der Waals surface area contributed by atoms with Gasteiger partial charge in [0, 0.05) is 36.9 Å². The summed E-state index contributed by atoms with van der Waals surface area (Å²) in [4.78, 5) is 14.3. The van der Waals surface area contributed by atoms with E-state index in [4.69, 9.17) is 11.6 Å². The molecule has 1 aliphatic rings. The standard InChI is InChI=1S/C16H19ClN4O/c1-20-11-12(10-19-20)9-18-16(22)21-8-4-7-15(21)13-5-2-3-6-14(13)17/h2-3,5-6,10-11,15H,4,7-9H2,1H3,(H,18,22). The number of halogens is 1. The summed E-state index contributed by atoms with van der Waals surface area (Å²) in [5, 5.41) is 7.79. The highest BCUT2D eigenvalue weighted by Gasteiger charge is 2.30. The fraction of sp³-hybridized carbons (Fsp3) is 0.375. The highest BCUT2D eigenvalue weighted by Crippen LogP contribution is 2.35. The van der Waals surface area contributed by atoms with E-state index in [2.05, 4.69) is 10.4 Å². The van der Waals surface area contributed by atoms with E-state index in [0.717, 1.165) is 35.5 Å². The lowest BCUT2D eigenvalue weighted by atomic mass is 10.0. The Bertz CT molecular complexity index is 670. The molecule has 1 aromatic carbocycles. The second kappa shape index (κ2) is 6.40. The SMILES string of the molecule is Cn1cc(CNC(=O)N2CCCC2c2ccccc2Cl)cn1. The predicted octanol–water partition coefficient (Wildman–Crippen LogP) is 3.12. The van der Waals surface area contributed by atoms with E-state index < -0.39 is 0 Å². The number of rotatable bonds is 3. The summed E-state index contributed by atoms with van der Waals surface area (Å²) < 4.78 is 1.73. The summed E-state index contributed by atoms with van der Waals surface area (Å²) in [6.45, 7) is 1.24. The molecule has 1 fully saturated rings. The van der Waals surface area contributed by atoms with Crippen molar-refractivity contribution in [3.05, 3.63) is 52.8 Å². The zero-order valence-electron chi connectivity index (χ0n) is 12.5. The second-order valence-electron chi connectivity index (χ2n) is 5.55. The number of nitrogens with one attached hydrogen (secondary N) is 1. The molecule has 2 aromatic rings. The van der Waals surface area contributed by atoms with Gasteiger partial charge < -0.3 is 10.2 Å². The van der Waals surface area contributed by atoms with Crippen molar-refractivity contribution in [3.8, 4) is 0 Å². The summed E-state index contributed by atoms with van der Waals surface area (Å²) >= 11 is 6.28. The van der Waals surface area contributed by atoms with Crippen molar-refractivity contribution >= 4 is 17.6 Å². The van der Waals surface area contributed by atoms with E-state index in [0.29, 0.717) is 6.54 Å². The van der Waals surface area contributed by atoms with E-state index in [9.17, 15) is 4.79 Å². The molecule has 1 atom stereocenters. The normalized spacial score (nSPS) is 17.7. The van der Waals surface area contributed by atoms with Crippen LogP contribution in [0.25, 0.3) is 0 Å². The molecule has 1 aliphatic heterocycles. The van der Waals surface area contributed by atoms with Crippen LogP contribution in [-0.4, -0.2) is 27.3 Å². The molecule has 116 valence electrons. The molecule has 2 amide bonds. The van der Waals surface area contributed by atoms with Crippen LogP contribution in [0.15, 0.2) is 36.7 Å². The third kappa shape index (κ3) is 3.09. The van der Waals surface area contributed by atoms with E-state index in [1.807, 2.05) is 42.4 Å². The molecule has 1 aromatic heterocycles. The number of amides is 2. The summed E-state index contributed by atoms with van der Waals surface area (Å²) in [6, 6.07) is 7.76. The Morgan fingerprint density at radius 2 is 2.27 bits per heavy atom. The van der Waals surface area contributed by atoms with E-state index in [-0.39, 0.29) is 12.1 Å². The lowest BCUT2D eigenvalue weighted by Crippen LogP contribution is -2.39. The average Bonchev–Trinajstić information content (AvgIpc) is 3.14. The molecule has 0 radical (unpaired) electrons. The van der Waals surface area contributed by atoms with Crippen LogP contribution < -0.4 is 5.32 Å². The van der Waals surface area contributed by atoms with Gasteiger partial charge in [-0.2, -0.15) is 5.10 Å². The topological polar surface area (TPSA) is 50.2 Å². The first-order valence-electron chi connectivity index (χ1n) is 7.41. The van der Waals surface area contributed by atoms with Crippen LogP contribution in [0.5, 0.6) is 0 Å². The minimum absolute atomic E-state index is 0.0497. The van der Waals surface area contributed by atoms with Crippen LogP contribution in [0, 0.1) is 0 Å². The minimum Gasteiger partial charge on any atom is -0.334 e.